The van der Waals surface area contributed by atoms with Gasteiger partial charge in [0.1, 0.15) is 0 Å². The van der Waals surface area contributed by atoms with Crippen LogP contribution in [0, 0.1) is 17.9 Å². The monoisotopic (exact) mass is 274 g/mol. The van der Waals surface area contributed by atoms with Gasteiger partial charge in [0.15, 0.2) is 15.6 Å². The number of allylic oxidation sites excluding steroid dienone is 1. The zero-order valence-electron chi connectivity index (χ0n) is 10.3. The molecule has 0 atom stereocenters. The van der Waals surface area contributed by atoms with E-state index in [1.165, 1.54) is 31.2 Å². The van der Waals surface area contributed by atoms with E-state index in [9.17, 15) is 13.2 Å². The first-order chi connectivity index (χ1) is 8.79. The van der Waals surface area contributed by atoms with Gasteiger partial charge in [-0.1, -0.05) is 6.07 Å². The molecule has 6 heteroatoms. The molecule has 0 aromatic heterocycles. The molecule has 0 heterocycles. The fraction of sp³-hybridized carbons (Fsp3) is 0.154. The smallest absolute Gasteiger partial charge is 0.229 e. The molecule has 0 unspecified atom stereocenters. The average molecular weight is 274 g/mol. The Labute approximate surface area is 111 Å². The van der Waals surface area contributed by atoms with Crippen molar-refractivity contribution in [2.75, 3.05) is 6.26 Å². The van der Waals surface area contributed by atoms with E-state index in [-0.39, 0.29) is 21.7 Å². The van der Waals surface area contributed by atoms with Crippen LogP contribution in [0.3, 0.4) is 0 Å². The molecule has 1 rings (SSSR count). The molecule has 0 N–H and O–H groups in total. The van der Waals surface area contributed by atoms with Crippen molar-refractivity contribution in [3.63, 3.8) is 0 Å². The number of hydrogen-bond acceptors (Lipinski definition) is 4. The molecule has 0 saturated heterocycles. The van der Waals surface area contributed by atoms with Crippen molar-refractivity contribution >= 4 is 21.7 Å². The largest absolute Gasteiger partial charge is 0.308 e. The highest BCUT2D eigenvalue weighted by Crippen LogP contribution is 2.21. The Bertz CT molecular complexity index is 747. The Kier molecular flexibility index (Phi) is 4.21. The summed E-state index contributed by atoms with van der Waals surface area (Å²) in [6.45, 7) is 8.11. The minimum Gasteiger partial charge on any atom is -0.308 e. The number of benzene rings is 1. The zero-order valence-corrected chi connectivity index (χ0v) is 11.2. The van der Waals surface area contributed by atoms with E-state index in [1.54, 1.807) is 0 Å². The molecule has 0 amide bonds. The van der Waals surface area contributed by atoms with Crippen molar-refractivity contribution in [2.24, 2.45) is 0 Å². The zero-order chi connectivity index (χ0) is 14.6. The third-order valence-corrected chi connectivity index (χ3v) is 3.47. The van der Waals surface area contributed by atoms with Gasteiger partial charge in [0.2, 0.25) is 5.70 Å². The number of sulfone groups is 1. The van der Waals surface area contributed by atoms with Gasteiger partial charge < -0.3 is 4.79 Å². The number of nitrogens with zero attached hydrogens (tertiary/aromatic N) is 2. The number of ketones is 1. The molecule has 96 valence electrons. The Balaban J connectivity index is 3.59. The van der Waals surface area contributed by atoms with E-state index in [4.69, 9.17) is 11.8 Å². The molecule has 0 bridgehead atoms. The average Bonchev–Trinajstić information content (AvgIpc) is 2.34. The lowest BCUT2D eigenvalue weighted by Gasteiger charge is -2.05. The maximum atomic E-state index is 11.7. The van der Waals surface area contributed by atoms with E-state index in [0.717, 1.165) is 6.26 Å². The second-order valence-corrected chi connectivity index (χ2v) is 5.82. The summed E-state index contributed by atoms with van der Waals surface area (Å²) in [5, 5.41) is 8.77. The third-order valence-electron chi connectivity index (χ3n) is 2.32. The highest BCUT2D eigenvalue weighted by Gasteiger charge is 2.14. The van der Waals surface area contributed by atoms with E-state index >= 15 is 0 Å². The molecule has 0 aliphatic rings. The summed E-state index contributed by atoms with van der Waals surface area (Å²) in [5.41, 5.74) is 0.266. The Morgan fingerprint density at radius 1 is 1.47 bits per heavy atom. The van der Waals surface area contributed by atoms with Crippen molar-refractivity contribution in [3.8, 4) is 6.07 Å². The highest BCUT2D eigenvalue weighted by molar-refractivity contribution is 7.90. The van der Waals surface area contributed by atoms with Crippen LogP contribution in [-0.2, 0) is 14.6 Å². The summed E-state index contributed by atoms with van der Waals surface area (Å²) in [7, 11) is -3.56. The first-order valence-electron chi connectivity index (χ1n) is 5.14. The standard InChI is InChI=1S/C13H10N2O3S/c1-9(16)12(15-2)7-11-5-4-10(8-14)6-13(11)19(3,17)18/h4-7H,1,3H3/b12-7-. The van der Waals surface area contributed by atoms with Crippen LogP contribution >= 0.6 is 0 Å². The normalized spacial score (nSPS) is 11.5. The number of nitriles is 1. The van der Waals surface area contributed by atoms with Crippen LogP contribution in [0.15, 0.2) is 28.8 Å². The fourth-order valence-corrected chi connectivity index (χ4v) is 2.30. The quantitative estimate of drug-likeness (QED) is 0.622. The molecule has 0 aliphatic carbocycles. The highest BCUT2D eigenvalue weighted by atomic mass is 32.2. The first-order valence-corrected chi connectivity index (χ1v) is 7.03. The van der Waals surface area contributed by atoms with Crippen LogP contribution in [0.25, 0.3) is 10.9 Å². The Morgan fingerprint density at radius 3 is 2.53 bits per heavy atom. The molecule has 0 aliphatic heterocycles. The van der Waals surface area contributed by atoms with Gasteiger partial charge in [0.25, 0.3) is 0 Å². The molecular formula is C13H10N2O3S. The fourth-order valence-electron chi connectivity index (χ4n) is 1.40. The summed E-state index contributed by atoms with van der Waals surface area (Å²) < 4.78 is 23.3. The SMILES string of the molecule is [C-]#[N+]/C(=C\c1ccc(C#N)cc1S(C)(=O)=O)C(C)=O. The molecule has 0 fully saturated rings. The van der Waals surface area contributed by atoms with Gasteiger partial charge in [-0.25, -0.2) is 13.3 Å². The number of Topliss-reactive ketones (excluding diaryl/α,β-unsaturated/α-hetero) is 1. The minimum atomic E-state index is -3.56. The van der Waals surface area contributed by atoms with Crippen molar-refractivity contribution in [3.05, 3.63) is 46.4 Å². The summed E-state index contributed by atoms with van der Waals surface area (Å²) in [4.78, 5) is 14.2. The van der Waals surface area contributed by atoms with Crippen molar-refractivity contribution in [1.82, 2.24) is 0 Å². The molecule has 1 aromatic carbocycles. The lowest BCUT2D eigenvalue weighted by atomic mass is 10.1. The number of hydrogen-bond donors (Lipinski definition) is 0. The molecule has 19 heavy (non-hydrogen) atoms. The van der Waals surface area contributed by atoms with E-state index in [2.05, 4.69) is 4.85 Å². The molecular weight excluding hydrogens is 264 g/mol. The Hall–Kier alpha value is -2.44. The summed E-state index contributed by atoms with van der Waals surface area (Å²) >= 11 is 0. The van der Waals surface area contributed by atoms with Gasteiger partial charge in [-0.15, -0.1) is 0 Å². The predicted molar refractivity (Wildman–Crippen MR) is 69.5 cm³/mol. The predicted octanol–water partition coefficient (Wildman–Crippen LogP) is 1.81. The topological polar surface area (TPSA) is 79.4 Å². The summed E-state index contributed by atoms with van der Waals surface area (Å²) in [6, 6.07) is 5.91. The third kappa shape index (κ3) is 3.51. The second kappa shape index (κ2) is 5.47. The number of rotatable bonds is 3. The molecule has 0 spiro atoms. The van der Waals surface area contributed by atoms with Crippen molar-refractivity contribution in [2.45, 2.75) is 11.8 Å². The van der Waals surface area contributed by atoms with Crippen LogP contribution in [0.5, 0.6) is 0 Å². The number of carbonyl (C=O) groups excluding carboxylic acids is 1. The molecule has 1 aromatic rings. The van der Waals surface area contributed by atoms with Crippen molar-refractivity contribution < 1.29 is 13.2 Å². The van der Waals surface area contributed by atoms with Gasteiger partial charge in [0.05, 0.1) is 23.1 Å². The first kappa shape index (κ1) is 14.6. The van der Waals surface area contributed by atoms with Gasteiger partial charge in [0, 0.05) is 6.26 Å². The van der Waals surface area contributed by atoms with Crippen molar-refractivity contribution in [1.29, 1.82) is 5.26 Å². The second-order valence-electron chi connectivity index (χ2n) is 3.83. The van der Waals surface area contributed by atoms with E-state index in [1.807, 2.05) is 6.07 Å². The maximum absolute atomic E-state index is 11.7. The van der Waals surface area contributed by atoms with Crippen LogP contribution < -0.4 is 0 Å². The van der Waals surface area contributed by atoms with Gasteiger partial charge in [-0.05, 0) is 30.7 Å². The van der Waals surface area contributed by atoms with E-state index < -0.39 is 15.6 Å². The molecule has 0 saturated carbocycles. The van der Waals surface area contributed by atoms with Crippen LogP contribution in [0.4, 0.5) is 0 Å². The Morgan fingerprint density at radius 2 is 2.11 bits per heavy atom. The van der Waals surface area contributed by atoms with Crippen LogP contribution in [-0.4, -0.2) is 20.5 Å². The molecule has 5 nitrogen and oxygen atoms in total. The van der Waals surface area contributed by atoms with Crippen LogP contribution in [0.2, 0.25) is 0 Å². The maximum Gasteiger partial charge on any atom is 0.229 e. The van der Waals surface area contributed by atoms with Gasteiger partial charge in [-0.3, -0.25) is 0 Å². The summed E-state index contributed by atoms with van der Waals surface area (Å²) in [6.07, 6.45) is 2.22. The van der Waals surface area contributed by atoms with Gasteiger partial charge in [-0.2, -0.15) is 5.26 Å². The lowest BCUT2D eigenvalue weighted by Crippen LogP contribution is -2.01. The van der Waals surface area contributed by atoms with Gasteiger partial charge >= 0.3 is 0 Å². The lowest BCUT2D eigenvalue weighted by molar-refractivity contribution is -0.113. The van der Waals surface area contributed by atoms with Crippen LogP contribution in [0.1, 0.15) is 18.1 Å². The molecule has 0 radical (unpaired) electrons. The van der Waals surface area contributed by atoms with E-state index in [0.29, 0.717) is 0 Å². The minimum absolute atomic E-state index is 0.0750. The summed E-state index contributed by atoms with van der Waals surface area (Å²) in [5.74, 6) is -0.446. The number of carbonyl (C=O) groups is 1.